The first-order valence-electron chi connectivity index (χ1n) is 12.7. The maximum absolute atomic E-state index is 11.9. The highest BCUT2D eigenvalue weighted by Crippen LogP contribution is 2.40. The van der Waals surface area contributed by atoms with Gasteiger partial charge in [-0.1, -0.05) is 18.6 Å². The normalized spacial score (nSPS) is 18.2. The number of carbonyl (C=O) groups excluding carboxylic acids is 1. The largest absolute Gasteiger partial charge is 0.486 e. The van der Waals surface area contributed by atoms with E-state index >= 15 is 0 Å². The molecule has 0 saturated carbocycles. The number of nitrogens with two attached hydrogens (primary N) is 1. The van der Waals surface area contributed by atoms with Gasteiger partial charge in [0.1, 0.15) is 36.7 Å². The van der Waals surface area contributed by atoms with Gasteiger partial charge in [-0.05, 0) is 42.5 Å². The summed E-state index contributed by atoms with van der Waals surface area (Å²) in [6.45, 7) is 8.13. The second-order valence-corrected chi connectivity index (χ2v) is 9.78. The number of aromatic nitrogens is 3. The van der Waals surface area contributed by atoms with E-state index in [0.29, 0.717) is 36.7 Å². The lowest BCUT2D eigenvalue weighted by atomic mass is 9.93. The first-order valence-corrected chi connectivity index (χ1v) is 12.7. The molecule has 3 aliphatic rings. The van der Waals surface area contributed by atoms with Crippen molar-refractivity contribution in [1.82, 2.24) is 24.3 Å². The Bertz CT molecular complexity index is 1440. The first kappa shape index (κ1) is 23.4. The zero-order chi connectivity index (χ0) is 25.5. The second kappa shape index (κ2) is 9.45. The molecule has 1 aromatic carbocycles. The fraction of sp³-hybridized carbons (Fsp3) is 0.393. The zero-order valence-corrected chi connectivity index (χ0v) is 20.9. The van der Waals surface area contributed by atoms with Crippen molar-refractivity contribution in [2.45, 2.75) is 18.9 Å². The maximum Gasteiger partial charge on any atom is 0.245 e. The molecule has 0 atom stereocenters. The molecular weight excluding hydrogens is 468 g/mol. The van der Waals surface area contributed by atoms with E-state index in [1.54, 1.807) is 0 Å². The fourth-order valence-electron chi connectivity index (χ4n) is 5.55. The summed E-state index contributed by atoms with van der Waals surface area (Å²) < 4.78 is 13.5. The monoisotopic (exact) mass is 498 g/mol. The number of hydrogen-bond donors (Lipinski definition) is 1. The van der Waals surface area contributed by atoms with E-state index < -0.39 is 0 Å². The Hall–Kier alpha value is -4.03. The van der Waals surface area contributed by atoms with Crippen molar-refractivity contribution in [3.05, 3.63) is 42.9 Å². The smallest absolute Gasteiger partial charge is 0.245 e. The topological polar surface area (TPSA) is 98.7 Å². The maximum atomic E-state index is 11.9. The second-order valence-electron chi connectivity index (χ2n) is 9.78. The van der Waals surface area contributed by atoms with Gasteiger partial charge in [0.25, 0.3) is 0 Å². The molecule has 1 amide bonds. The minimum Gasteiger partial charge on any atom is -0.486 e. The van der Waals surface area contributed by atoms with Crippen LogP contribution in [-0.2, 0) is 11.8 Å². The molecule has 37 heavy (non-hydrogen) atoms. The van der Waals surface area contributed by atoms with E-state index in [9.17, 15) is 4.79 Å². The lowest BCUT2D eigenvalue weighted by molar-refractivity contribution is -0.127. The molecule has 0 unspecified atom stereocenters. The number of fused-ring (bicyclic) bond motifs is 2. The quantitative estimate of drug-likeness (QED) is 0.438. The zero-order valence-electron chi connectivity index (χ0n) is 20.9. The van der Waals surface area contributed by atoms with Gasteiger partial charge in [0.2, 0.25) is 5.91 Å². The van der Waals surface area contributed by atoms with Gasteiger partial charge in [-0.15, -0.1) is 0 Å². The van der Waals surface area contributed by atoms with Gasteiger partial charge in [0.05, 0.1) is 5.39 Å². The molecule has 2 N–H and O–H groups in total. The number of piperidine rings is 1. The van der Waals surface area contributed by atoms with E-state index in [0.717, 1.165) is 72.6 Å². The number of rotatable bonds is 3. The molecule has 9 nitrogen and oxygen atoms in total. The van der Waals surface area contributed by atoms with Crippen molar-refractivity contribution < 1.29 is 14.3 Å². The molecule has 2 fully saturated rings. The minimum atomic E-state index is 0.0277. The standard InChI is InChI=1S/C28H30N6O3/c1-3-24(35)33-10-8-20(9-11-33)34-15-18(16-34)4-6-21-25(26-27(29)30-17-31-28(26)32(21)2)19-5-7-22-23(14-19)37-13-12-36-22/h3,5,7,14,17-18,20H,1,8-13,15-16H2,2H3,(H2,29,30,31). The summed E-state index contributed by atoms with van der Waals surface area (Å²) in [5.74, 6) is 9.16. The number of anilines is 1. The molecule has 0 aliphatic carbocycles. The predicted octanol–water partition coefficient (Wildman–Crippen LogP) is 2.45. The third-order valence-corrected chi connectivity index (χ3v) is 7.60. The van der Waals surface area contributed by atoms with Crippen LogP contribution >= 0.6 is 0 Å². The molecular formula is C28H30N6O3. The lowest BCUT2D eigenvalue weighted by Gasteiger charge is -2.45. The highest BCUT2D eigenvalue weighted by molar-refractivity contribution is 6.03. The summed E-state index contributed by atoms with van der Waals surface area (Å²) in [5, 5.41) is 0.794. The minimum absolute atomic E-state index is 0.0277. The van der Waals surface area contributed by atoms with Gasteiger partial charge < -0.3 is 24.7 Å². The Morgan fingerprint density at radius 1 is 1.16 bits per heavy atom. The summed E-state index contributed by atoms with van der Waals surface area (Å²) in [6, 6.07) is 6.43. The Labute approximate surface area is 215 Å². The number of ether oxygens (including phenoxy) is 2. The van der Waals surface area contributed by atoms with Crippen molar-refractivity contribution in [3.8, 4) is 34.5 Å². The van der Waals surface area contributed by atoms with Crippen LogP contribution in [0, 0.1) is 17.8 Å². The Morgan fingerprint density at radius 3 is 2.68 bits per heavy atom. The molecule has 3 aliphatic heterocycles. The van der Waals surface area contributed by atoms with Crippen molar-refractivity contribution in [1.29, 1.82) is 0 Å². The van der Waals surface area contributed by atoms with E-state index in [-0.39, 0.29) is 5.91 Å². The number of amides is 1. The van der Waals surface area contributed by atoms with Gasteiger partial charge in [-0.2, -0.15) is 0 Å². The molecule has 5 heterocycles. The highest BCUT2D eigenvalue weighted by atomic mass is 16.6. The SMILES string of the molecule is C=CC(=O)N1CCC(N2CC(C#Cc3c(-c4ccc5c(c4)OCCO5)c4c(N)ncnc4n3C)C2)CC1. The Morgan fingerprint density at radius 2 is 1.92 bits per heavy atom. The Balaban J connectivity index is 1.25. The third-order valence-electron chi connectivity index (χ3n) is 7.60. The number of carbonyl (C=O) groups is 1. The van der Waals surface area contributed by atoms with Crippen LogP contribution in [0.15, 0.2) is 37.2 Å². The van der Waals surface area contributed by atoms with Gasteiger partial charge in [-0.25, -0.2) is 9.97 Å². The number of hydrogen-bond acceptors (Lipinski definition) is 7. The average molecular weight is 499 g/mol. The number of benzene rings is 1. The summed E-state index contributed by atoms with van der Waals surface area (Å²) in [6.07, 6.45) is 4.88. The van der Waals surface area contributed by atoms with Crippen LogP contribution in [0.2, 0.25) is 0 Å². The molecule has 0 spiro atoms. The van der Waals surface area contributed by atoms with E-state index in [1.165, 1.54) is 12.4 Å². The number of likely N-dealkylation sites (tertiary alicyclic amines) is 2. The van der Waals surface area contributed by atoms with Crippen LogP contribution in [0.3, 0.4) is 0 Å². The van der Waals surface area contributed by atoms with Crippen LogP contribution in [0.5, 0.6) is 11.5 Å². The van der Waals surface area contributed by atoms with Gasteiger partial charge in [0.15, 0.2) is 11.5 Å². The van der Waals surface area contributed by atoms with Gasteiger partial charge in [0, 0.05) is 50.7 Å². The van der Waals surface area contributed by atoms with Crippen LogP contribution < -0.4 is 15.2 Å². The number of nitrogen functional groups attached to an aromatic ring is 1. The van der Waals surface area contributed by atoms with E-state index in [2.05, 4.69) is 33.3 Å². The first-order chi connectivity index (χ1) is 18.0. The van der Waals surface area contributed by atoms with E-state index in [4.69, 9.17) is 15.2 Å². The van der Waals surface area contributed by atoms with E-state index in [1.807, 2.05) is 34.7 Å². The molecule has 3 aromatic rings. The fourth-order valence-corrected chi connectivity index (χ4v) is 5.55. The summed E-state index contributed by atoms with van der Waals surface area (Å²) in [4.78, 5) is 25.0. The lowest BCUT2D eigenvalue weighted by Crippen LogP contribution is -2.55. The van der Waals surface area contributed by atoms with Crippen LogP contribution in [-0.4, -0.2) is 75.7 Å². The van der Waals surface area contributed by atoms with Crippen molar-refractivity contribution in [2.75, 3.05) is 45.1 Å². The third kappa shape index (κ3) is 4.17. The molecule has 0 bridgehead atoms. The molecule has 9 heteroatoms. The molecule has 190 valence electrons. The number of aryl methyl sites for hydroxylation is 1. The highest BCUT2D eigenvalue weighted by Gasteiger charge is 2.34. The summed E-state index contributed by atoms with van der Waals surface area (Å²) in [5.41, 5.74) is 9.80. The van der Waals surface area contributed by atoms with Crippen LogP contribution in [0.4, 0.5) is 5.82 Å². The Kier molecular flexibility index (Phi) is 5.97. The molecule has 6 rings (SSSR count). The summed E-state index contributed by atoms with van der Waals surface area (Å²) >= 11 is 0. The molecule has 2 aromatic heterocycles. The predicted molar refractivity (Wildman–Crippen MR) is 141 cm³/mol. The van der Waals surface area contributed by atoms with Crippen molar-refractivity contribution in [2.24, 2.45) is 13.0 Å². The average Bonchev–Trinajstić information content (AvgIpc) is 3.20. The molecule has 0 radical (unpaired) electrons. The van der Waals surface area contributed by atoms with Gasteiger partial charge in [-0.3, -0.25) is 9.69 Å². The van der Waals surface area contributed by atoms with Crippen molar-refractivity contribution in [3.63, 3.8) is 0 Å². The van der Waals surface area contributed by atoms with Crippen LogP contribution in [0.25, 0.3) is 22.2 Å². The van der Waals surface area contributed by atoms with Crippen LogP contribution in [0.1, 0.15) is 18.5 Å². The number of nitrogens with zero attached hydrogens (tertiary/aromatic N) is 5. The molecule has 2 saturated heterocycles. The van der Waals surface area contributed by atoms with Crippen molar-refractivity contribution >= 4 is 22.8 Å². The van der Waals surface area contributed by atoms with Gasteiger partial charge >= 0.3 is 0 Å². The summed E-state index contributed by atoms with van der Waals surface area (Å²) in [7, 11) is 1.96.